The van der Waals surface area contributed by atoms with E-state index in [9.17, 15) is 20.0 Å². The molecule has 0 saturated carbocycles. The van der Waals surface area contributed by atoms with E-state index in [0.29, 0.717) is 29.5 Å². The van der Waals surface area contributed by atoms with Gasteiger partial charge in [0.05, 0.1) is 11.1 Å². The van der Waals surface area contributed by atoms with Gasteiger partial charge in [0.25, 0.3) is 5.69 Å². The molecule has 3 rings (SSSR count). The van der Waals surface area contributed by atoms with Gasteiger partial charge in [0.1, 0.15) is 11.4 Å². The van der Waals surface area contributed by atoms with Crippen molar-refractivity contribution in [1.82, 2.24) is 4.98 Å². The third kappa shape index (κ3) is 2.40. The maximum Gasteiger partial charge on any atom is 0.293 e. The molecule has 2 N–H and O–H groups in total. The molecular formula is C14H11N3O4. The molecule has 106 valence electrons. The number of carbonyl (C=O) groups excluding carboxylic acids is 1. The minimum atomic E-state index is -0.524. The number of pyridine rings is 1. The summed E-state index contributed by atoms with van der Waals surface area (Å²) in [6.45, 7) is 0. The van der Waals surface area contributed by atoms with Crippen molar-refractivity contribution in [2.24, 2.45) is 0 Å². The fraction of sp³-hybridized carbons (Fsp3) is 0.143. The van der Waals surface area contributed by atoms with E-state index in [-0.39, 0.29) is 23.0 Å². The lowest BCUT2D eigenvalue weighted by atomic mass is 9.96. The number of carbonyl (C=O) groups is 1. The Kier molecular flexibility index (Phi) is 3.02. The van der Waals surface area contributed by atoms with Crippen molar-refractivity contribution in [2.45, 2.75) is 12.8 Å². The molecule has 0 fully saturated rings. The van der Waals surface area contributed by atoms with Crippen LogP contribution in [0.3, 0.4) is 0 Å². The molecule has 0 radical (unpaired) electrons. The Morgan fingerprint density at radius 1 is 1.19 bits per heavy atom. The number of amides is 1. The van der Waals surface area contributed by atoms with Crippen LogP contribution in [-0.2, 0) is 11.2 Å². The molecule has 1 aliphatic heterocycles. The van der Waals surface area contributed by atoms with Crippen molar-refractivity contribution in [3.8, 4) is 16.9 Å². The number of aromatic nitrogens is 1. The van der Waals surface area contributed by atoms with Crippen LogP contribution in [0.25, 0.3) is 11.1 Å². The number of nitro benzene ring substituents is 1. The summed E-state index contributed by atoms with van der Waals surface area (Å²) in [6.07, 6.45) is 3.55. The first-order chi connectivity index (χ1) is 10.0. The van der Waals surface area contributed by atoms with Crippen LogP contribution in [0.1, 0.15) is 12.0 Å². The predicted octanol–water partition coefficient (Wildman–Crippen LogP) is 2.25. The van der Waals surface area contributed by atoms with E-state index in [0.717, 1.165) is 0 Å². The summed E-state index contributed by atoms with van der Waals surface area (Å²) in [5, 5.41) is 23.2. The fourth-order valence-corrected chi connectivity index (χ4v) is 2.37. The zero-order valence-electron chi connectivity index (χ0n) is 10.9. The normalized spacial score (nSPS) is 13.4. The van der Waals surface area contributed by atoms with Crippen LogP contribution in [0.2, 0.25) is 0 Å². The van der Waals surface area contributed by atoms with E-state index in [4.69, 9.17) is 0 Å². The summed E-state index contributed by atoms with van der Waals surface area (Å²) in [6, 6.07) is 4.64. The SMILES string of the molecule is O=C1CCc2cc(-c3cncc(O)c3)cc([N+](=O)[O-])c2N1. The number of anilines is 1. The maximum atomic E-state index is 11.4. The molecule has 1 aromatic heterocycles. The van der Waals surface area contributed by atoms with Gasteiger partial charge in [-0.3, -0.25) is 19.9 Å². The smallest absolute Gasteiger partial charge is 0.293 e. The van der Waals surface area contributed by atoms with Crippen LogP contribution in [-0.4, -0.2) is 20.9 Å². The highest BCUT2D eigenvalue weighted by molar-refractivity contribution is 5.97. The minimum Gasteiger partial charge on any atom is -0.506 e. The van der Waals surface area contributed by atoms with E-state index >= 15 is 0 Å². The highest BCUT2D eigenvalue weighted by Gasteiger charge is 2.25. The van der Waals surface area contributed by atoms with Crippen molar-refractivity contribution in [3.63, 3.8) is 0 Å². The van der Waals surface area contributed by atoms with Gasteiger partial charge in [-0.2, -0.15) is 0 Å². The number of aryl methyl sites for hydroxylation is 1. The number of nitrogens with one attached hydrogen (secondary N) is 1. The van der Waals surface area contributed by atoms with Gasteiger partial charge >= 0.3 is 0 Å². The molecule has 7 heteroatoms. The molecule has 0 spiro atoms. The van der Waals surface area contributed by atoms with E-state index < -0.39 is 4.92 Å². The Morgan fingerprint density at radius 3 is 2.71 bits per heavy atom. The molecular weight excluding hydrogens is 274 g/mol. The number of aromatic hydroxyl groups is 1. The van der Waals surface area contributed by atoms with Gasteiger partial charge in [0.2, 0.25) is 5.91 Å². The standard InChI is InChI=1S/C14H11N3O4/c18-11-4-10(6-15-7-11)9-3-8-1-2-13(19)16-14(8)12(5-9)17(20)21/h3-7,18H,1-2H2,(H,16,19). The van der Waals surface area contributed by atoms with Crippen LogP contribution in [0, 0.1) is 10.1 Å². The second-order valence-corrected chi connectivity index (χ2v) is 4.77. The highest BCUT2D eigenvalue weighted by Crippen LogP contribution is 2.37. The average molecular weight is 285 g/mol. The average Bonchev–Trinajstić information content (AvgIpc) is 2.46. The first-order valence-electron chi connectivity index (χ1n) is 6.30. The quantitative estimate of drug-likeness (QED) is 0.650. The Hall–Kier alpha value is -2.96. The van der Waals surface area contributed by atoms with E-state index in [1.807, 2.05) is 0 Å². The van der Waals surface area contributed by atoms with Gasteiger partial charge in [-0.1, -0.05) is 0 Å². The van der Waals surface area contributed by atoms with Crippen molar-refractivity contribution in [2.75, 3.05) is 5.32 Å². The number of benzene rings is 1. The van der Waals surface area contributed by atoms with Gasteiger partial charge in [-0.15, -0.1) is 0 Å². The van der Waals surface area contributed by atoms with Crippen LogP contribution in [0.15, 0.2) is 30.6 Å². The van der Waals surface area contributed by atoms with Crippen LogP contribution < -0.4 is 5.32 Å². The van der Waals surface area contributed by atoms with E-state index in [1.165, 1.54) is 24.5 Å². The molecule has 1 aromatic carbocycles. The number of rotatable bonds is 2. The molecule has 1 aliphatic rings. The van der Waals surface area contributed by atoms with Crippen LogP contribution in [0.5, 0.6) is 5.75 Å². The third-order valence-corrected chi connectivity index (χ3v) is 3.34. The van der Waals surface area contributed by atoms with E-state index in [2.05, 4.69) is 10.3 Å². The lowest BCUT2D eigenvalue weighted by Gasteiger charge is -2.17. The summed E-state index contributed by atoms with van der Waals surface area (Å²) in [5.41, 5.74) is 1.98. The number of hydrogen-bond acceptors (Lipinski definition) is 5. The Bertz CT molecular complexity index is 758. The highest BCUT2D eigenvalue weighted by atomic mass is 16.6. The molecule has 2 aromatic rings. The zero-order valence-corrected chi connectivity index (χ0v) is 10.9. The van der Waals surface area contributed by atoms with Gasteiger partial charge < -0.3 is 10.4 Å². The first kappa shape index (κ1) is 13.0. The largest absolute Gasteiger partial charge is 0.506 e. The molecule has 0 bridgehead atoms. The first-order valence-corrected chi connectivity index (χ1v) is 6.30. The molecule has 0 saturated heterocycles. The molecule has 0 atom stereocenters. The van der Waals surface area contributed by atoms with Crippen molar-refractivity contribution in [1.29, 1.82) is 0 Å². The van der Waals surface area contributed by atoms with Gasteiger partial charge in [-0.05, 0) is 29.7 Å². The number of hydrogen-bond donors (Lipinski definition) is 2. The summed E-state index contributed by atoms with van der Waals surface area (Å²) in [5.74, 6) is -0.237. The molecule has 1 amide bonds. The summed E-state index contributed by atoms with van der Waals surface area (Å²) in [4.78, 5) is 26.0. The van der Waals surface area contributed by atoms with Gasteiger partial charge in [0.15, 0.2) is 0 Å². The number of nitro groups is 1. The molecule has 2 heterocycles. The molecule has 0 unspecified atom stereocenters. The molecule has 7 nitrogen and oxygen atoms in total. The second kappa shape index (κ2) is 4.86. The number of fused-ring (bicyclic) bond motifs is 1. The zero-order chi connectivity index (χ0) is 15.0. The lowest BCUT2D eigenvalue weighted by Crippen LogP contribution is -2.20. The Labute approximate surface area is 119 Å². The monoisotopic (exact) mass is 285 g/mol. The van der Waals surface area contributed by atoms with Crippen LogP contribution in [0.4, 0.5) is 11.4 Å². The topological polar surface area (TPSA) is 105 Å². The molecule has 21 heavy (non-hydrogen) atoms. The number of nitrogens with zero attached hydrogens (tertiary/aromatic N) is 2. The Balaban J connectivity index is 2.18. The summed E-state index contributed by atoms with van der Waals surface area (Å²) in [7, 11) is 0. The fourth-order valence-electron chi connectivity index (χ4n) is 2.37. The van der Waals surface area contributed by atoms with E-state index in [1.54, 1.807) is 6.07 Å². The van der Waals surface area contributed by atoms with Crippen LogP contribution >= 0.6 is 0 Å². The Morgan fingerprint density at radius 2 is 2.00 bits per heavy atom. The minimum absolute atomic E-state index is 0.0128. The van der Waals surface area contributed by atoms with Gasteiger partial charge in [-0.25, -0.2) is 0 Å². The van der Waals surface area contributed by atoms with Crippen molar-refractivity contribution >= 4 is 17.3 Å². The van der Waals surface area contributed by atoms with Crippen molar-refractivity contribution < 1.29 is 14.8 Å². The lowest BCUT2D eigenvalue weighted by molar-refractivity contribution is -0.383. The summed E-state index contributed by atoms with van der Waals surface area (Å²) < 4.78 is 0. The van der Waals surface area contributed by atoms with Crippen molar-refractivity contribution in [3.05, 3.63) is 46.3 Å². The molecule has 0 aliphatic carbocycles. The maximum absolute atomic E-state index is 11.4. The second-order valence-electron chi connectivity index (χ2n) is 4.77. The van der Waals surface area contributed by atoms with Gasteiger partial charge in [0, 0.05) is 24.2 Å². The third-order valence-electron chi connectivity index (χ3n) is 3.34. The predicted molar refractivity (Wildman–Crippen MR) is 74.9 cm³/mol. The summed E-state index contributed by atoms with van der Waals surface area (Å²) >= 11 is 0.